The number of aromatic nitrogens is 1. The zero-order valence-corrected chi connectivity index (χ0v) is 11.4. The van der Waals surface area contributed by atoms with E-state index < -0.39 is 0 Å². The van der Waals surface area contributed by atoms with E-state index in [-0.39, 0.29) is 5.82 Å². The third kappa shape index (κ3) is 2.52. The Morgan fingerprint density at radius 2 is 2.16 bits per heavy atom. The number of H-pyrrole nitrogens is 1. The molecule has 0 saturated heterocycles. The second-order valence-electron chi connectivity index (χ2n) is 5.65. The molecule has 2 aromatic rings. The molecule has 2 atom stereocenters. The van der Waals surface area contributed by atoms with Crippen LogP contribution in [-0.4, -0.2) is 18.1 Å². The van der Waals surface area contributed by atoms with Crippen molar-refractivity contribution in [2.45, 2.75) is 38.1 Å². The average molecular weight is 260 g/mol. The van der Waals surface area contributed by atoms with Crippen molar-refractivity contribution in [3.05, 3.63) is 35.8 Å². The number of nitrogens with one attached hydrogen (secondary N) is 2. The number of fused-ring (bicyclic) bond motifs is 1. The van der Waals surface area contributed by atoms with Crippen molar-refractivity contribution in [3.63, 3.8) is 0 Å². The van der Waals surface area contributed by atoms with Gasteiger partial charge in [-0.25, -0.2) is 4.39 Å². The van der Waals surface area contributed by atoms with Crippen LogP contribution in [0.3, 0.4) is 0 Å². The molecular formula is C16H21FN2. The molecule has 19 heavy (non-hydrogen) atoms. The highest BCUT2D eigenvalue weighted by Crippen LogP contribution is 2.30. The molecule has 3 rings (SSSR count). The molecule has 0 bridgehead atoms. The Bertz CT molecular complexity index is 561. The number of aromatic amines is 1. The van der Waals surface area contributed by atoms with Gasteiger partial charge in [0.05, 0.1) is 0 Å². The topological polar surface area (TPSA) is 27.8 Å². The highest BCUT2D eigenvalue weighted by Gasteiger charge is 2.24. The van der Waals surface area contributed by atoms with Crippen LogP contribution >= 0.6 is 0 Å². The summed E-state index contributed by atoms with van der Waals surface area (Å²) in [5.41, 5.74) is 2.23. The minimum atomic E-state index is -0.174. The predicted molar refractivity (Wildman–Crippen MR) is 76.8 cm³/mol. The van der Waals surface area contributed by atoms with Crippen LogP contribution in [-0.2, 0) is 6.42 Å². The average Bonchev–Trinajstić information content (AvgIpc) is 2.82. The molecule has 0 amide bonds. The summed E-state index contributed by atoms with van der Waals surface area (Å²) in [4.78, 5) is 3.19. The van der Waals surface area contributed by atoms with Gasteiger partial charge in [0.15, 0.2) is 0 Å². The third-order valence-corrected chi connectivity index (χ3v) is 4.49. The first-order valence-corrected chi connectivity index (χ1v) is 7.20. The summed E-state index contributed by atoms with van der Waals surface area (Å²) in [6.07, 6.45) is 8.36. The molecule has 0 radical (unpaired) electrons. The lowest BCUT2D eigenvalue weighted by molar-refractivity contribution is 0.273. The molecule has 1 heterocycles. The quantitative estimate of drug-likeness (QED) is 0.866. The third-order valence-electron chi connectivity index (χ3n) is 4.49. The summed E-state index contributed by atoms with van der Waals surface area (Å²) < 4.78 is 13.2. The van der Waals surface area contributed by atoms with Crippen molar-refractivity contribution in [1.82, 2.24) is 10.3 Å². The minimum absolute atomic E-state index is 0.174. The monoisotopic (exact) mass is 260 g/mol. The van der Waals surface area contributed by atoms with Crippen LogP contribution in [0.15, 0.2) is 24.4 Å². The van der Waals surface area contributed by atoms with Crippen molar-refractivity contribution in [2.24, 2.45) is 5.92 Å². The van der Waals surface area contributed by atoms with E-state index in [9.17, 15) is 4.39 Å². The maximum Gasteiger partial charge on any atom is 0.125 e. The van der Waals surface area contributed by atoms with E-state index in [1.807, 2.05) is 12.3 Å². The second-order valence-corrected chi connectivity index (χ2v) is 5.65. The van der Waals surface area contributed by atoms with Crippen LogP contribution < -0.4 is 5.32 Å². The number of halogens is 1. The van der Waals surface area contributed by atoms with Crippen LogP contribution in [0.25, 0.3) is 10.9 Å². The van der Waals surface area contributed by atoms with E-state index in [0.717, 1.165) is 11.9 Å². The normalized spacial score (nSPS) is 23.9. The maximum absolute atomic E-state index is 13.2. The molecule has 3 heteroatoms. The van der Waals surface area contributed by atoms with Gasteiger partial charge >= 0.3 is 0 Å². The Morgan fingerprint density at radius 1 is 1.32 bits per heavy atom. The van der Waals surface area contributed by atoms with Crippen molar-refractivity contribution in [3.8, 4) is 0 Å². The van der Waals surface area contributed by atoms with Crippen LogP contribution in [0.5, 0.6) is 0 Å². The zero-order valence-electron chi connectivity index (χ0n) is 11.4. The summed E-state index contributed by atoms with van der Waals surface area (Å²) in [5.74, 6) is 0.523. The van der Waals surface area contributed by atoms with Gasteiger partial charge in [0.2, 0.25) is 0 Å². The Kier molecular flexibility index (Phi) is 3.56. The predicted octanol–water partition coefficient (Wildman–Crippen LogP) is 3.63. The summed E-state index contributed by atoms with van der Waals surface area (Å²) in [6, 6.07) is 5.65. The van der Waals surface area contributed by atoms with Crippen LogP contribution in [0.4, 0.5) is 4.39 Å². The highest BCUT2D eigenvalue weighted by atomic mass is 19.1. The lowest BCUT2D eigenvalue weighted by atomic mass is 9.81. The molecule has 0 spiro atoms. The molecule has 1 fully saturated rings. The molecule has 0 aliphatic heterocycles. The van der Waals surface area contributed by atoms with E-state index in [1.165, 1.54) is 36.6 Å². The molecule has 1 saturated carbocycles. The van der Waals surface area contributed by atoms with Crippen molar-refractivity contribution >= 4 is 10.9 Å². The van der Waals surface area contributed by atoms with Gasteiger partial charge in [-0.2, -0.15) is 0 Å². The van der Waals surface area contributed by atoms with Gasteiger partial charge in [-0.3, -0.25) is 0 Å². The van der Waals surface area contributed by atoms with Crippen molar-refractivity contribution in [2.75, 3.05) is 7.05 Å². The molecule has 1 aromatic heterocycles. The van der Waals surface area contributed by atoms with E-state index in [0.29, 0.717) is 12.0 Å². The first-order valence-electron chi connectivity index (χ1n) is 7.20. The number of rotatable bonds is 3. The molecular weight excluding hydrogens is 239 g/mol. The summed E-state index contributed by atoms with van der Waals surface area (Å²) in [5, 5.41) is 4.62. The van der Waals surface area contributed by atoms with Gasteiger partial charge in [0, 0.05) is 23.1 Å². The van der Waals surface area contributed by atoms with Gasteiger partial charge < -0.3 is 10.3 Å². The van der Waals surface area contributed by atoms with Gasteiger partial charge in [-0.1, -0.05) is 12.8 Å². The fourth-order valence-corrected chi connectivity index (χ4v) is 3.44. The van der Waals surface area contributed by atoms with Gasteiger partial charge in [-0.05, 0) is 56.0 Å². The Morgan fingerprint density at radius 3 is 3.00 bits per heavy atom. The molecule has 102 valence electrons. The number of benzene rings is 1. The van der Waals surface area contributed by atoms with E-state index in [1.54, 1.807) is 12.1 Å². The summed E-state index contributed by atoms with van der Waals surface area (Å²) in [6.45, 7) is 0. The lowest BCUT2D eigenvalue weighted by Gasteiger charge is -2.31. The second kappa shape index (κ2) is 5.33. The largest absolute Gasteiger partial charge is 0.361 e. The first kappa shape index (κ1) is 12.7. The van der Waals surface area contributed by atoms with Crippen LogP contribution in [0.2, 0.25) is 0 Å². The minimum Gasteiger partial charge on any atom is -0.361 e. The Balaban J connectivity index is 1.84. The van der Waals surface area contributed by atoms with Gasteiger partial charge in [-0.15, -0.1) is 0 Å². The summed E-state index contributed by atoms with van der Waals surface area (Å²) in [7, 11) is 2.06. The summed E-state index contributed by atoms with van der Waals surface area (Å²) >= 11 is 0. The number of hydrogen-bond donors (Lipinski definition) is 2. The number of hydrogen-bond acceptors (Lipinski definition) is 1. The van der Waals surface area contributed by atoms with E-state index >= 15 is 0 Å². The fourth-order valence-electron chi connectivity index (χ4n) is 3.44. The highest BCUT2D eigenvalue weighted by molar-refractivity contribution is 5.83. The molecule has 2 N–H and O–H groups in total. The zero-order chi connectivity index (χ0) is 13.2. The van der Waals surface area contributed by atoms with E-state index in [4.69, 9.17) is 0 Å². The molecule has 2 unspecified atom stereocenters. The van der Waals surface area contributed by atoms with Gasteiger partial charge in [0.1, 0.15) is 5.82 Å². The smallest absolute Gasteiger partial charge is 0.125 e. The Hall–Kier alpha value is -1.35. The van der Waals surface area contributed by atoms with Crippen LogP contribution in [0, 0.1) is 11.7 Å². The lowest BCUT2D eigenvalue weighted by Crippen LogP contribution is -2.37. The SMILES string of the molecule is CNC1CCCCC1Cc1c[nH]c2cc(F)ccc12. The molecule has 1 aromatic carbocycles. The molecule has 1 aliphatic carbocycles. The van der Waals surface area contributed by atoms with Gasteiger partial charge in [0.25, 0.3) is 0 Å². The first-order chi connectivity index (χ1) is 9.28. The van der Waals surface area contributed by atoms with E-state index in [2.05, 4.69) is 17.3 Å². The van der Waals surface area contributed by atoms with Crippen LogP contribution in [0.1, 0.15) is 31.2 Å². The molecule has 1 aliphatic rings. The molecule has 2 nitrogen and oxygen atoms in total. The maximum atomic E-state index is 13.2. The standard InChI is InChI=1S/C16H21FN2/c1-18-15-5-3-2-4-11(15)8-12-10-19-16-9-13(17)6-7-14(12)16/h6-7,9-11,15,18-19H,2-5,8H2,1H3. The Labute approximate surface area is 113 Å². The van der Waals surface area contributed by atoms with Crippen molar-refractivity contribution < 1.29 is 4.39 Å². The fraction of sp³-hybridized carbons (Fsp3) is 0.500. The van der Waals surface area contributed by atoms with Crippen molar-refractivity contribution in [1.29, 1.82) is 0 Å².